The molecule has 3 rings (SSSR count). The van der Waals surface area contributed by atoms with Gasteiger partial charge < -0.3 is 16.0 Å². The number of carbonyl (C=O) groups is 2. The Kier molecular flexibility index (Phi) is 6.87. The fourth-order valence-corrected chi connectivity index (χ4v) is 5.25. The van der Waals surface area contributed by atoms with Gasteiger partial charge in [0, 0.05) is 12.2 Å². The fourth-order valence-electron chi connectivity index (χ4n) is 3.35. The molecule has 0 unspecified atom stereocenters. The van der Waals surface area contributed by atoms with Gasteiger partial charge in [-0.1, -0.05) is 49.2 Å². The van der Waals surface area contributed by atoms with Gasteiger partial charge in [-0.15, -0.1) is 0 Å². The second-order valence-electron chi connectivity index (χ2n) is 7.05. The van der Waals surface area contributed by atoms with Crippen LogP contribution in [0.2, 0.25) is 0 Å². The average Bonchev–Trinajstić information content (AvgIpc) is 3.27. The number of benzene rings is 2. The third-order valence-electron chi connectivity index (χ3n) is 4.89. The molecule has 8 heteroatoms. The predicted molar refractivity (Wildman–Crippen MR) is 111 cm³/mol. The van der Waals surface area contributed by atoms with Crippen molar-refractivity contribution in [2.45, 2.75) is 42.4 Å². The minimum atomic E-state index is -3.39. The minimum absolute atomic E-state index is 0.218. The molecule has 0 aromatic heterocycles. The maximum Gasteiger partial charge on any atom is 0.315 e. The van der Waals surface area contributed by atoms with Crippen molar-refractivity contribution in [1.29, 1.82) is 0 Å². The standard InChI is InChI=1S/C21H25N3O4S/c25-20(15-23-21(26)22-14-16-7-2-1-3-8-16)24-17-9-6-12-19(13-17)29(27,28)18-10-4-5-11-18/h1-3,6-9,12-13,18H,4-5,10-11,14-15H2,(H,24,25)(H2,22,23,26). The number of nitrogens with one attached hydrogen (secondary N) is 3. The summed E-state index contributed by atoms with van der Waals surface area (Å²) in [4.78, 5) is 24.1. The Labute approximate surface area is 170 Å². The van der Waals surface area contributed by atoms with E-state index >= 15 is 0 Å². The Balaban J connectivity index is 1.49. The molecular formula is C21H25N3O4S. The average molecular weight is 416 g/mol. The highest BCUT2D eigenvalue weighted by atomic mass is 32.2. The Morgan fingerprint density at radius 2 is 1.66 bits per heavy atom. The molecule has 7 nitrogen and oxygen atoms in total. The van der Waals surface area contributed by atoms with Gasteiger partial charge in [-0.2, -0.15) is 0 Å². The van der Waals surface area contributed by atoms with Crippen molar-refractivity contribution in [1.82, 2.24) is 10.6 Å². The van der Waals surface area contributed by atoms with E-state index in [-0.39, 0.29) is 16.7 Å². The minimum Gasteiger partial charge on any atom is -0.334 e. The van der Waals surface area contributed by atoms with Crippen LogP contribution in [0.25, 0.3) is 0 Å². The Bertz CT molecular complexity index is 955. The normalized spacial score (nSPS) is 14.3. The van der Waals surface area contributed by atoms with E-state index in [1.165, 1.54) is 6.07 Å². The third-order valence-corrected chi connectivity index (χ3v) is 7.15. The van der Waals surface area contributed by atoms with Crippen LogP contribution < -0.4 is 16.0 Å². The summed E-state index contributed by atoms with van der Waals surface area (Å²) in [6, 6.07) is 15.2. The van der Waals surface area contributed by atoms with E-state index in [9.17, 15) is 18.0 Å². The number of carbonyl (C=O) groups excluding carboxylic acids is 2. The monoisotopic (exact) mass is 415 g/mol. The molecule has 0 saturated heterocycles. The number of anilines is 1. The molecule has 0 bridgehead atoms. The zero-order valence-electron chi connectivity index (χ0n) is 16.1. The molecule has 1 aliphatic carbocycles. The molecule has 3 N–H and O–H groups in total. The summed E-state index contributed by atoms with van der Waals surface area (Å²) in [7, 11) is -3.39. The van der Waals surface area contributed by atoms with Crippen molar-refractivity contribution in [3.05, 3.63) is 60.2 Å². The van der Waals surface area contributed by atoms with Gasteiger partial charge in [0.15, 0.2) is 9.84 Å². The molecule has 1 aliphatic rings. The van der Waals surface area contributed by atoms with Crippen molar-refractivity contribution >= 4 is 27.5 Å². The smallest absolute Gasteiger partial charge is 0.315 e. The van der Waals surface area contributed by atoms with Gasteiger partial charge >= 0.3 is 6.03 Å². The first-order valence-electron chi connectivity index (χ1n) is 9.64. The van der Waals surface area contributed by atoms with Gasteiger partial charge in [0.2, 0.25) is 5.91 Å². The summed E-state index contributed by atoms with van der Waals surface area (Å²) >= 11 is 0. The fraction of sp³-hybridized carbons (Fsp3) is 0.333. The largest absolute Gasteiger partial charge is 0.334 e. The van der Waals surface area contributed by atoms with Crippen molar-refractivity contribution in [2.75, 3.05) is 11.9 Å². The van der Waals surface area contributed by atoms with Crippen molar-refractivity contribution in [3.63, 3.8) is 0 Å². The molecule has 1 fully saturated rings. The molecule has 0 radical (unpaired) electrons. The van der Waals surface area contributed by atoms with Crippen LogP contribution in [0.4, 0.5) is 10.5 Å². The highest BCUT2D eigenvalue weighted by Gasteiger charge is 2.30. The van der Waals surface area contributed by atoms with Crippen LogP contribution in [0.5, 0.6) is 0 Å². The molecule has 0 aliphatic heterocycles. The van der Waals surface area contributed by atoms with Gasteiger partial charge in [-0.3, -0.25) is 4.79 Å². The van der Waals surface area contributed by atoms with E-state index in [1.807, 2.05) is 30.3 Å². The lowest BCUT2D eigenvalue weighted by Gasteiger charge is -2.13. The number of rotatable bonds is 7. The zero-order chi connectivity index (χ0) is 20.7. The van der Waals surface area contributed by atoms with E-state index in [2.05, 4.69) is 16.0 Å². The molecule has 154 valence electrons. The topological polar surface area (TPSA) is 104 Å². The first-order valence-corrected chi connectivity index (χ1v) is 11.2. The van der Waals surface area contributed by atoms with Crippen LogP contribution in [0.1, 0.15) is 31.2 Å². The van der Waals surface area contributed by atoms with Crippen molar-refractivity contribution < 1.29 is 18.0 Å². The summed E-state index contributed by atoms with van der Waals surface area (Å²) in [5.74, 6) is -0.435. The van der Waals surface area contributed by atoms with Gasteiger partial charge in [-0.25, -0.2) is 13.2 Å². The molecule has 2 aromatic carbocycles. The van der Waals surface area contributed by atoms with E-state index in [1.54, 1.807) is 18.2 Å². The number of hydrogen-bond donors (Lipinski definition) is 3. The lowest BCUT2D eigenvalue weighted by Crippen LogP contribution is -2.39. The maximum atomic E-state index is 12.7. The van der Waals surface area contributed by atoms with Gasteiger partial charge in [0.05, 0.1) is 16.7 Å². The van der Waals surface area contributed by atoms with Crippen LogP contribution in [-0.4, -0.2) is 32.2 Å². The van der Waals surface area contributed by atoms with Crippen LogP contribution in [-0.2, 0) is 21.2 Å². The SMILES string of the molecule is O=C(CNC(=O)NCc1ccccc1)Nc1cccc(S(=O)(=O)C2CCCC2)c1. The molecule has 0 spiro atoms. The van der Waals surface area contributed by atoms with E-state index in [0.29, 0.717) is 25.1 Å². The van der Waals surface area contributed by atoms with Crippen LogP contribution in [0, 0.1) is 0 Å². The number of urea groups is 1. The van der Waals surface area contributed by atoms with E-state index in [0.717, 1.165) is 18.4 Å². The summed E-state index contributed by atoms with van der Waals surface area (Å²) in [6.07, 6.45) is 3.22. The summed E-state index contributed by atoms with van der Waals surface area (Å²) in [5.41, 5.74) is 1.34. The van der Waals surface area contributed by atoms with Crippen LogP contribution in [0.15, 0.2) is 59.5 Å². The van der Waals surface area contributed by atoms with Crippen molar-refractivity contribution in [2.24, 2.45) is 0 Å². The molecule has 1 saturated carbocycles. The number of amides is 3. The second kappa shape index (κ2) is 9.56. The molecule has 2 aromatic rings. The molecular weight excluding hydrogens is 390 g/mol. The molecule has 29 heavy (non-hydrogen) atoms. The highest BCUT2D eigenvalue weighted by Crippen LogP contribution is 2.30. The molecule has 0 atom stereocenters. The van der Waals surface area contributed by atoms with Crippen LogP contribution in [0.3, 0.4) is 0 Å². The summed E-state index contributed by atoms with van der Waals surface area (Å²) in [6.45, 7) is 0.135. The lowest BCUT2D eigenvalue weighted by molar-refractivity contribution is -0.115. The number of hydrogen-bond acceptors (Lipinski definition) is 4. The Hall–Kier alpha value is -2.87. The van der Waals surface area contributed by atoms with Gasteiger partial charge in [-0.05, 0) is 36.6 Å². The molecule has 3 amide bonds. The zero-order valence-corrected chi connectivity index (χ0v) is 16.9. The predicted octanol–water partition coefficient (Wildman–Crippen LogP) is 2.84. The van der Waals surface area contributed by atoms with Crippen LogP contribution >= 0.6 is 0 Å². The van der Waals surface area contributed by atoms with Gasteiger partial charge in [0.25, 0.3) is 0 Å². The van der Waals surface area contributed by atoms with Crippen molar-refractivity contribution in [3.8, 4) is 0 Å². The quantitative estimate of drug-likeness (QED) is 0.647. The first-order chi connectivity index (χ1) is 13.9. The van der Waals surface area contributed by atoms with E-state index < -0.39 is 21.8 Å². The second-order valence-corrected chi connectivity index (χ2v) is 9.28. The Morgan fingerprint density at radius 3 is 2.38 bits per heavy atom. The van der Waals surface area contributed by atoms with E-state index in [4.69, 9.17) is 0 Å². The highest BCUT2D eigenvalue weighted by molar-refractivity contribution is 7.92. The number of sulfone groups is 1. The van der Waals surface area contributed by atoms with Gasteiger partial charge in [0.1, 0.15) is 0 Å². The summed E-state index contributed by atoms with van der Waals surface area (Å²) < 4.78 is 25.4. The lowest BCUT2D eigenvalue weighted by atomic mass is 10.2. The molecule has 0 heterocycles. The first kappa shape index (κ1) is 20.9. The Morgan fingerprint density at radius 1 is 0.931 bits per heavy atom. The third kappa shape index (κ3) is 5.80. The summed E-state index contributed by atoms with van der Waals surface area (Å²) in [5, 5.41) is 7.44. The maximum absolute atomic E-state index is 12.7.